The van der Waals surface area contributed by atoms with Gasteiger partial charge in [0.2, 0.25) is 0 Å². The number of rotatable bonds is 4. The molecule has 0 amide bonds. The smallest absolute Gasteiger partial charge is 0.423 e. The molecule has 1 aromatic carbocycles. The van der Waals surface area contributed by atoms with Crippen LogP contribution in [0.15, 0.2) is 34.9 Å². The standard InChI is InChI=1S/C12H14BNO3/c1-9-12(10(2)17-14-9)13(15)16-8-11-6-4-3-5-7-11/h3-7,15H,8H2,1-2H3. The van der Waals surface area contributed by atoms with Crippen molar-refractivity contribution in [2.75, 3.05) is 0 Å². The van der Waals surface area contributed by atoms with Crippen LogP contribution in [-0.4, -0.2) is 17.3 Å². The number of benzene rings is 1. The van der Waals surface area contributed by atoms with E-state index >= 15 is 0 Å². The van der Waals surface area contributed by atoms with Gasteiger partial charge in [-0.15, -0.1) is 0 Å². The highest BCUT2D eigenvalue weighted by Gasteiger charge is 2.25. The fourth-order valence-electron chi connectivity index (χ4n) is 1.68. The van der Waals surface area contributed by atoms with Gasteiger partial charge in [0.1, 0.15) is 5.76 Å². The maximum atomic E-state index is 9.91. The molecular weight excluding hydrogens is 217 g/mol. The number of nitrogens with zero attached hydrogens (tertiary/aromatic N) is 1. The largest absolute Gasteiger partial charge is 0.496 e. The summed E-state index contributed by atoms with van der Waals surface area (Å²) in [7, 11) is -0.999. The molecule has 1 N–H and O–H groups in total. The van der Waals surface area contributed by atoms with E-state index in [1.165, 1.54) is 0 Å². The number of hydrogen-bond donors (Lipinski definition) is 1. The molecule has 2 rings (SSSR count). The molecule has 0 unspecified atom stereocenters. The van der Waals surface area contributed by atoms with E-state index in [1.807, 2.05) is 30.3 Å². The molecule has 0 saturated carbocycles. The van der Waals surface area contributed by atoms with Crippen molar-refractivity contribution in [1.29, 1.82) is 0 Å². The van der Waals surface area contributed by atoms with E-state index in [1.54, 1.807) is 13.8 Å². The minimum atomic E-state index is -0.999. The fraction of sp³-hybridized carbons (Fsp3) is 0.250. The minimum absolute atomic E-state index is 0.353. The Morgan fingerprint density at radius 2 is 2.00 bits per heavy atom. The van der Waals surface area contributed by atoms with Crippen molar-refractivity contribution in [3.05, 3.63) is 47.3 Å². The van der Waals surface area contributed by atoms with Crippen LogP contribution in [-0.2, 0) is 11.3 Å². The Morgan fingerprint density at radius 1 is 1.29 bits per heavy atom. The molecule has 2 aromatic rings. The van der Waals surface area contributed by atoms with Crippen LogP contribution in [0, 0.1) is 13.8 Å². The molecule has 0 spiro atoms. The molecule has 1 heterocycles. The lowest BCUT2D eigenvalue weighted by molar-refractivity contribution is 0.259. The summed E-state index contributed by atoms with van der Waals surface area (Å²) in [5.41, 5.74) is 2.28. The van der Waals surface area contributed by atoms with Crippen LogP contribution < -0.4 is 5.46 Å². The van der Waals surface area contributed by atoms with E-state index < -0.39 is 7.12 Å². The van der Waals surface area contributed by atoms with Gasteiger partial charge in [-0.1, -0.05) is 35.5 Å². The van der Waals surface area contributed by atoms with E-state index in [0.29, 0.717) is 23.5 Å². The minimum Gasteiger partial charge on any atom is -0.423 e. The molecule has 0 saturated heterocycles. The molecule has 88 valence electrons. The van der Waals surface area contributed by atoms with Crippen LogP contribution in [0.5, 0.6) is 0 Å². The first-order valence-electron chi connectivity index (χ1n) is 5.45. The van der Waals surface area contributed by atoms with Crippen molar-refractivity contribution in [3.63, 3.8) is 0 Å². The summed E-state index contributed by atoms with van der Waals surface area (Å²) in [4.78, 5) is 0. The number of hydrogen-bond acceptors (Lipinski definition) is 4. The Bertz CT molecular complexity index is 464. The Kier molecular flexibility index (Phi) is 3.61. The maximum absolute atomic E-state index is 9.91. The summed E-state index contributed by atoms with van der Waals surface area (Å²) >= 11 is 0. The van der Waals surface area contributed by atoms with Gasteiger partial charge in [-0.2, -0.15) is 0 Å². The Morgan fingerprint density at radius 3 is 2.59 bits per heavy atom. The highest BCUT2D eigenvalue weighted by molar-refractivity contribution is 6.60. The van der Waals surface area contributed by atoms with E-state index in [0.717, 1.165) is 5.56 Å². The van der Waals surface area contributed by atoms with Crippen LogP contribution in [0.3, 0.4) is 0 Å². The molecule has 1 aromatic heterocycles. The highest BCUT2D eigenvalue weighted by atomic mass is 16.5. The van der Waals surface area contributed by atoms with Gasteiger partial charge in [0.15, 0.2) is 0 Å². The van der Waals surface area contributed by atoms with Crippen molar-refractivity contribution in [3.8, 4) is 0 Å². The maximum Gasteiger partial charge on any atom is 0.496 e. The third-order valence-electron chi connectivity index (χ3n) is 2.59. The van der Waals surface area contributed by atoms with Crippen LogP contribution in [0.4, 0.5) is 0 Å². The predicted octanol–water partition coefficient (Wildman–Crippen LogP) is 1.20. The van der Waals surface area contributed by atoms with Gasteiger partial charge in [0, 0.05) is 5.46 Å². The molecule has 0 fully saturated rings. The third kappa shape index (κ3) is 2.75. The Labute approximate surface area is 100 Å². The van der Waals surface area contributed by atoms with Gasteiger partial charge in [0.05, 0.1) is 12.3 Å². The molecular formula is C12H14BNO3. The average molecular weight is 231 g/mol. The monoisotopic (exact) mass is 231 g/mol. The summed E-state index contributed by atoms with van der Waals surface area (Å²) in [6.07, 6.45) is 0. The number of aryl methyl sites for hydroxylation is 2. The van der Waals surface area contributed by atoms with E-state index in [4.69, 9.17) is 9.18 Å². The van der Waals surface area contributed by atoms with Crippen LogP contribution >= 0.6 is 0 Å². The Hall–Kier alpha value is -1.59. The van der Waals surface area contributed by atoms with Crippen molar-refractivity contribution in [2.45, 2.75) is 20.5 Å². The van der Waals surface area contributed by atoms with Crippen molar-refractivity contribution < 1.29 is 14.2 Å². The molecule has 0 aliphatic carbocycles. The summed E-state index contributed by atoms with van der Waals surface area (Å²) in [5, 5.41) is 13.7. The summed E-state index contributed by atoms with van der Waals surface area (Å²) in [6.45, 7) is 3.89. The zero-order valence-electron chi connectivity index (χ0n) is 9.88. The summed E-state index contributed by atoms with van der Waals surface area (Å²) in [6, 6.07) is 9.69. The lowest BCUT2D eigenvalue weighted by Gasteiger charge is -2.07. The van der Waals surface area contributed by atoms with Crippen LogP contribution in [0.2, 0.25) is 0 Å². The van der Waals surface area contributed by atoms with E-state index in [-0.39, 0.29) is 0 Å². The molecule has 0 aliphatic heterocycles. The first kappa shape index (κ1) is 11.9. The lowest BCUT2D eigenvalue weighted by atomic mass is 9.78. The molecule has 0 radical (unpaired) electrons. The molecule has 5 heteroatoms. The zero-order valence-corrected chi connectivity index (χ0v) is 9.88. The fourth-order valence-corrected chi connectivity index (χ4v) is 1.68. The first-order valence-corrected chi connectivity index (χ1v) is 5.45. The van der Waals surface area contributed by atoms with Gasteiger partial charge in [-0.3, -0.25) is 0 Å². The van der Waals surface area contributed by atoms with Gasteiger partial charge in [-0.25, -0.2) is 0 Å². The highest BCUT2D eigenvalue weighted by Crippen LogP contribution is 2.04. The van der Waals surface area contributed by atoms with E-state index in [9.17, 15) is 5.02 Å². The zero-order chi connectivity index (χ0) is 12.3. The second-order valence-corrected chi connectivity index (χ2v) is 3.89. The molecule has 17 heavy (non-hydrogen) atoms. The van der Waals surface area contributed by atoms with Crippen molar-refractivity contribution >= 4 is 12.6 Å². The summed E-state index contributed by atoms with van der Waals surface area (Å²) in [5.74, 6) is 0.586. The average Bonchev–Trinajstić information content (AvgIpc) is 2.67. The molecule has 0 atom stereocenters. The first-order chi connectivity index (χ1) is 8.18. The van der Waals surface area contributed by atoms with Crippen molar-refractivity contribution in [1.82, 2.24) is 5.16 Å². The van der Waals surface area contributed by atoms with Crippen molar-refractivity contribution in [2.24, 2.45) is 0 Å². The van der Waals surface area contributed by atoms with Gasteiger partial charge in [0.25, 0.3) is 0 Å². The SMILES string of the molecule is Cc1noc(C)c1B(O)OCc1ccccc1. The predicted molar refractivity (Wildman–Crippen MR) is 64.8 cm³/mol. The molecule has 0 bridgehead atoms. The van der Waals surface area contributed by atoms with Gasteiger partial charge in [-0.05, 0) is 19.4 Å². The second kappa shape index (κ2) is 5.16. The quantitative estimate of drug-likeness (QED) is 0.803. The molecule has 0 aliphatic rings. The Balaban J connectivity index is 2.01. The van der Waals surface area contributed by atoms with Gasteiger partial charge < -0.3 is 14.2 Å². The van der Waals surface area contributed by atoms with Gasteiger partial charge >= 0.3 is 7.12 Å². The molecule has 4 nitrogen and oxygen atoms in total. The number of aromatic nitrogens is 1. The third-order valence-corrected chi connectivity index (χ3v) is 2.59. The topological polar surface area (TPSA) is 55.5 Å². The van der Waals surface area contributed by atoms with Crippen LogP contribution in [0.25, 0.3) is 0 Å². The second-order valence-electron chi connectivity index (χ2n) is 3.89. The lowest BCUT2D eigenvalue weighted by Crippen LogP contribution is -2.36. The van der Waals surface area contributed by atoms with E-state index in [2.05, 4.69) is 5.16 Å². The van der Waals surface area contributed by atoms with Crippen LogP contribution in [0.1, 0.15) is 17.0 Å². The normalized spacial score (nSPS) is 10.5. The summed E-state index contributed by atoms with van der Waals surface area (Å²) < 4.78 is 10.4.